The second-order valence-electron chi connectivity index (χ2n) is 4.69. The van der Waals surface area contributed by atoms with Gasteiger partial charge in [-0.15, -0.1) is 0 Å². The summed E-state index contributed by atoms with van der Waals surface area (Å²) in [6.45, 7) is 11.9. The Morgan fingerprint density at radius 1 is 0.895 bits per heavy atom. The fraction of sp³-hybridized carbons (Fsp3) is 0.111. The summed E-state index contributed by atoms with van der Waals surface area (Å²) in [6, 6.07) is 15.9. The molecule has 0 radical (unpaired) electrons. The van der Waals surface area contributed by atoms with Gasteiger partial charge in [-0.25, -0.2) is 0 Å². The van der Waals surface area contributed by atoms with Gasteiger partial charge in [-0.3, -0.25) is 0 Å². The lowest BCUT2D eigenvalue weighted by Crippen LogP contribution is -1.91. The summed E-state index contributed by atoms with van der Waals surface area (Å²) in [5, 5.41) is 0. The van der Waals surface area contributed by atoms with E-state index < -0.39 is 0 Å². The predicted molar refractivity (Wildman–Crippen MR) is 82.4 cm³/mol. The Morgan fingerprint density at radius 2 is 1.58 bits per heavy atom. The van der Waals surface area contributed by atoms with Crippen molar-refractivity contribution in [3.05, 3.63) is 72.8 Å². The van der Waals surface area contributed by atoms with Crippen LogP contribution in [0.3, 0.4) is 0 Å². The molecule has 0 bridgehead atoms. The largest absolute Gasteiger partial charge is 0.457 e. The number of hydrogen-bond donors (Lipinski definition) is 0. The quantitative estimate of drug-likeness (QED) is 0.691. The first-order chi connectivity index (χ1) is 9.08. The van der Waals surface area contributed by atoms with Gasteiger partial charge >= 0.3 is 0 Å². The number of benzene rings is 2. The van der Waals surface area contributed by atoms with Crippen LogP contribution in [-0.4, -0.2) is 0 Å². The molecule has 0 N–H and O–H groups in total. The fourth-order valence-corrected chi connectivity index (χ4v) is 1.84. The van der Waals surface area contributed by atoms with E-state index in [9.17, 15) is 0 Å². The predicted octanol–water partition coefficient (Wildman–Crippen LogP) is 5.55. The molecule has 0 spiro atoms. The van der Waals surface area contributed by atoms with E-state index in [1.54, 1.807) is 0 Å². The molecule has 0 aliphatic rings. The average Bonchev–Trinajstić information content (AvgIpc) is 2.39. The highest BCUT2D eigenvalue weighted by Crippen LogP contribution is 2.32. The molecule has 0 aliphatic carbocycles. The monoisotopic (exact) mass is 250 g/mol. The lowest BCUT2D eigenvalue weighted by molar-refractivity contribution is 0.481. The van der Waals surface area contributed by atoms with Crippen LogP contribution in [0.2, 0.25) is 0 Å². The van der Waals surface area contributed by atoms with E-state index in [1.165, 1.54) is 0 Å². The Balaban J connectivity index is 2.43. The molecule has 2 rings (SSSR count). The van der Waals surface area contributed by atoms with Gasteiger partial charge < -0.3 is 4.74 Å². The molecular formula is C18H18O. The summed E-state index contributed by atoms with van der Waals surface area (Å²) < 4.78 is 5.96. The van der Waals surface area contributed by atoms with Crippen molar-refractivity contribution in [1.29, 1.82) is 0 Å². The maximum atomic E-state index is 5.96. The SMILES string of the molecule is C=C(C)c1ccc(C(=C)C)c(Oc2ccccc2)c1. The van der Waals surface area contributed by atoms with Crippen molar-refractivity contribution in [3.8, 4) is 11.5 Å². The molecule has 0 heterocycles. The van der Waals surface area contributed by atoms with Crippen molar-refractivity contribution < 1.29 is 4.74 Å². The highest BCUT2D eigenvalue weighted by Gasteiger charge is 2.07. The van der Waals surface area contributed by atoms with Crippen LogP contribution in [0.4, 0.5) is 0 Å². The van der Waals surface area contributed by atoms with Gasteiger partial charge in [0.2, 0.25) is 0 Å². The second kappa shape index (κ2) is 5.57. The van der Waals surface area contributed by atoms with Gasteiger partial charge in [0.05, 0.1) is 0 Å². The molecule has 0 amide bonds. The first-order valence-electron chi connectivity index (χ1n) is 6.26. The lowest BCUT2D eigenvalue weighted by Gasteiger charge is -2.13. The molecule has 0 atom stereocenters. The van der Waals surface area contributed by atoms with Crippen molar-refractivity contribution >= 4 is 11.1 Å². The third-order valence-corrected chi connectivity index (χ3v) is 2.91. The first kappa shape index (κ1) is 13.2. The summed E-state index contributed by atoms with van der Waals surface area (Å²) in [5.74, 6) is 1.64. The van der Waals surface area contributed by atoms with E-state index in [-0.39, 0.29) is 0 Å². The smallest absolute Gasteiger partial charge is 0.135 e. The molecule has 0 fully saturated rings. The normalized spacial score (nSPS) is 10.0. The molecule has 0 aromatic heterocycles. The van der Waals surface area contributed by atoms with Gasteiger partial charge in [-0.2, -0.15) is 0 Å². The molecule has 2 aromatic carbocycles. The summed E-state index contributed by atoms with van der Waals surface area (Å²) in [5.41, 5.74) is 4.11. The van der Waals surface area contributed by atoms with Gasteiger partial charge in [0, 0.05) is 5.56 Å². The Bertz CT molecular complexity index is 609. The van der Waals surface area contributed by atoms with E-state index in [0.29, 0.717) is 0 Å². The van der Waals surface area contributed by atoms with Crippen LogP contribution in [-0.2, 0) is 0 Å². The molecule has 0 aliphatic heterocycles. The molecule has 96 valence electrons. The minimum absolute atomic E-state index is 0.819. The van der Waals surface area contributed by atoms with Gasteiger partial charge in [-0.05, 0) is 43.2 Å². The maximum Gasteiger partial charge on any atom is 0.135 e. The first-order valence-corrected chi connectivity index (χ1v) is 6.26. The highest BCUT2D eigenvalue weighted by molar-refractivity contribution is 5.72. The number of rotatable bonds is 4. The number of para-hydroxylation sites is 1. The fourth-order valence-electron chi connectivity index (χ4n) is 1.84. The summed E-state index contributed by atoms with van der Waals surface area (Å²) in [7, 11) is 0. The zero-order valence-electron chi connectivity index (χ0n) is 11.4. The third kappa shape index (κ3) is 3.14. The molecule has 0 saturated carbocycles. The summed E-state index contributed by atoms with van der Waals surface area (Å²) >= 11 is 0. The van der Waals surface area contributed by atoms with Gasteiger partial charge in [-0.1, -0.05) is 49.1 Å². The van der Waals surface area contributed by atoms with Crippen molar-refractivity contribution in [3.63, 3.8) is 0 Å². The van der Waals surface area contributed by atoms with Crippen LogP contribution < -0.4 is 4.74 Å². The number of allylic oxidation sites excluding steroid dienone is 2. The molecule has 1 nitrogen and oxygen atoms in total. The van der Waals surface area contributed by atoms with Crippen molar-refractivity contribution in [2.45, 2.75) is 13.8 Å². The van der Waals surface area contributed by atoms with E-state index in [2.05, 4.69) is 13.2 Å². The Morgan fingerprint density at radius 3 is 2.16 bits per heavy atom. The van der Waals surface area contributed by atoms with Crippen LogP contribution in [0.15, 0.2) is 61.7 Å². The van der Waals surface area contributed by atoms with Crippen LogP contribution >= 0.6 is 0 Å². The Kier molecular flexibility index (Phi) is 3.86. The van der Waals surface area contributed by atoms with Gasteiger partial charge in [0.15, 0.2) is 0 Å². The number of hydrogen-bond acceptors (Lipinski definition) is 1. The zero-order valence-corrected chi connectivity index (χ0v) is 11.4. The third-order valence-electron chi connectivity index (χ3n) is 2.91. The molecule has 2 aromatic rings. The van der Waals surface area contributed by atoms with Crippen LogP contribution in [0, 0.1) is 0 Å². The van der Waals surface area contributed by atoms with Gasteiger partial charge in [0.1, 0.15) is 11.5 Å². The second-order valence-corrected chi connectivity index (χ2v) is 4.69. The molecule has 0 saturated heterocycles. The van der Waals surface area contributed by atoms with Crippen molar-refractivity contribution in [2.24, 2.45) is 0 Å². The summed E-state index contributed by atoms with van der Waals surface area (Å²) in [4.78, 5) is 0. The average molecular weight is 250 g/mol. The Labute approximate surface area is 114 Å². The van der Waals surface area contributed by atoms with Crippen LogP contribution in [0.1, 0.15) is 25.0 Å². The lowest BCUT2D eigenvalue weighted by atomic mass is 10.0. The molecule has 1 heteroatoms. The highest BCUT2D eigenvalue weighted by atomic mass is 16.5. The van der Waals surface area contributed by atoms with E-state index in [4.69, 9.17) is 4.74 Å². The van der Waals surface area contributed by atoms with E-state index in [1.807, 2.05) is 62.4 Å². The molecule has 0 unspecified atom stereocenters. The standard InChI is InChI=1S/C18H18O/c1-13(2)15-10-11-17(14(3)4)18(12-15)19-16-8-6-5-7-9-16/h5-12H,1,3H2,2,4H3. The van der Waals surface area contributed by atoms with Crippen LogP contribution in [0.25, 0.3) is 11.1 Å². The Hall–Kier alpha value is -2.28. The minimum atomic E-state index is 0.819. The molecular weight excluding hydrogens is 232 g/mol. The van der Waals surface area contributed by atoms with Gasteiger partial charge in [0.25, 0.3) is 0 Å². The van der Waals surface area contributed by atoms with Crippen molar-refractivity contribution in [2.75, 3.05) is 0 Å². The van der Waals surface area contributed by atoms with Crippen molar-refractivity contribution in [1.82, 2.24) is 0 Å². The van der Waals surface area contributed by atoms with Crippen LogP contribution in [0.5, 0.6) is 11.5 Å². The topological polar surface area (TPSA) is 9.23 Å². The van der Waals surface area contributed by atoms with E-state index in [0.717, 1.165) is 33.8 Å². The zero-order chi connectivity index (χ0) is 13.8. The number of ether oxygens (including phenoxy) is 1. The minimum Gasteiger partial charge on any atom is -0.457 e. The van der Waals surface area contributed by atoms with E-state index >= 15 is 0 Å². The summed E-state index contributed by atoms with van der Waals surface area (Å²) in [6.07, 6.45) is 0. The molecule has 19 heavy (non-hydrogen) atoms. The maximum absolute atomic E-state index is 5.96.